The standard InChI is InChI=1S/C6H16O9P2/c1-4-2-5(15-17(10,11)12)6(14-4)3-13-16(7,8)9/h4-12H,2-3H2,1H3/q+2/t4-,5+,6+/m0/s1/i7D. The first-order valence-corrected chi connectivity index (χ1v) is 7.77. The van der Waals surface area contributed by atoms with E-state index in [0.29, 0.717) is 0 Å². The van der Waals surface area contributed by atoms with E-state index >= 15 is 0 Å². The molecule has 1 aliphatic heterocycles. The van der Waals surface area contributed by atoms with Crippen molar-refractivity contribution in [2.45, 2.75) is 31.7 Å². The lowest BCUT2D eigenvalue weighted by atomic mass is 10.1. The van der Waals surface area contributed by atoms with Gasteiger partial charge in [-0.2, -0.15) is 33.9 Å². The van der Waals surface area contributed by atoms with Crippen molar-refractivity contribution in [3.63, 3.8) is 0 Å². The van der Waals surface area contributed by atoms with Gasteiger partial charge in [0.1, 0.15) is 18.8 Å². The van der Waals surface area contributed by atoms with Gasteiger partial charge < -0.3 is 4.74 Å². The van der Waals surface area contributed by atoms with Gasteiger partial charge in [0.15, 0.2) is 0 Å². The molecule has 9 nitrogen and oxygen atoms in total. The molecule has 1 fully saturated rings. The Bertz CT molecular complexity index is 272. The highest BCUT2D eigenvalue weighted by Gasteiger charge is 2.47. The fraction of sp³-hybridized carbons (Fsp3) is 1.00. The fourth-order valence-electron chi connectivity index (χ4n) is 1.53. The zero-order valence-electron chi connectivity index (χ0n) is 9.91. The Morgan fingerprint density at radius 3 is 2.47 bits per heavy atom. The second kappa shape index (κ2) is 5.64. The molecule has 0 amide bonds. The summed E-state index contributed by atoms with van der Waals surface area (Å²) in [6.45, 7) is 1.29. The molecule has 0 spiro atoms. The van der Waals surface area contributed by atoms with Crippen LogP contribution >= 0.6 is 16.3 Å². The van der Waals surface area contributed by atoms with Crippen LogP contribution in [-0.4, -0.2) is 55.7 Å². The summed E-state index contributed by atoms with van der Waals surface area (Å²) < 4.78 is 20.8. The van der Waals surface area contributed by atoms with Crippen molar-refractivity contribution >= 4 is 16.3 Å². The summed E-state index contributed by atoms with van der Waals surface area (Å²) in [5, 5.41) is 0. The molecule has 0 aromatic heterocycles. The molecule has 1 rings (SSSR count). The van der Waals surface area contributed by atoms with Gasteiger partial charge in [0.2, 0.25) is 0 Å². The van der Waals surface area contributed by atoms with E-state index in [9.17, 15) is 0 Å². The van der Waals surface area contributed by atoms with Crippen molar-refractivity contribution in [3.8, 4) is 0 Å². The van der Waals surface area contributed by atoms with Gasteiger partial charge in [-0.05, 0) is 6.92 Å². The largest absolute Gasteiger partial charge is 0.567 e. The van der Waals surface area contributed by atoms with E-state index < -0.39 is 35.2 Å². The predicted octanol–water partition coefficient (Wildman–Crippen LogP) is -1.13. The Balaban J connectivity index is 2.52. The lowest BCUT2D eigenvalue weighted by molar-refractivity contribution is -0.0236. The van der Waals surface area contributed by atoms with Crippen LogP contribution in [0, 0.1) is 0 Å². The third-order valence-corrected chi connectivity index (χ3v) is 3.11. The van der Waals surface area contributed by atoms with E-state index in [1.165, 1.54) is 0 Å². The van der Waals surface area contributed by atoms with E-state index in [0.717, 1.165) is 0 Å². The first-order chi connectivity index (χ1) is 8.13. The highest BCUT2D eigenvalue weighted by atomic mass is 31.2. The van der Waals surface area contributed by atoms with Gasteiger partial charge in [-0.15, -0.1) is 4.52 Å². The van der Waals surface area contributed by atoms with E-state index in [4.69, 9.17) is 30.6 Å². The Labute approximate surface area is 100 Å². The molecular weight excluding hydrogens is 278 g/mol. The Kier molecular flexibility index (Phi) is 4.62. The number of rotatable bonds is 6. The van der Waals surface area contributed by atoms with Crippen LogP contribution in [0.15, 0.2) is 0 Å². The van der Waals surface area contributed by atoms with E-state index in [1.54, 1.807) is 6.92 Å². The maximum Gasteiger partial charge on any atom is 0.567 e. The van der Waals surface area contributed by atoms with Crippen molar-refractivity contribution in [1.29, 1.82) is 1.43 Å². The second-order valence-electron chi connectivity index (χ2n) is 3.66. The average Bonchev–Trinajstić information content (AvgIpc) is 2.53. The minimum absolute atomic E-state index is 0.265. The molecule has 102 valence electrons. The minimum atomic E-state index is -4.42. The van der Waals surface area contributed by atoms with Crippen molar-refractivity contribution in [2.24, 2.45) is 0 Å². The van der Waals surface area contributed by atoms with Gasteiger partial charge in [-0.1, -0.05) is 0 Å². The molecule has 0 saturated carbocycles. The van der Waals surface area contributed by atoms with Crippen LogP contribution < -0.4 is 0 Å². The van der Waals surface area contributed by atoms with Crippen molar-refractivity contribution < 1.29 is 43.1 Å². The van der Waals surface area contributed by atoms with Crippen LogP contribution in [0.4, 0.5) is 0 Å². The molecule has 0 aromatic rings. The summed E-state index contributed by atoms with van der Waals surface area (Å²) in [7, 11) is -8.64. The smallest absolute Gasteiger partial charge is 0.370 e. The van der Waals surface area contributed by atoms with Crippen LogP contribution in [0.2, 0.25) is 0 Å². The van der Waals surface area contributed by atoms with Crippen LogP contribution in [0.5, 0.6) is 0 Å². The molecule has 17 heavy (non-hydrogen) atoms. The maximum absolute atomic E-state index is 8.97. The lowest BCUT2D eigenvalue weighted by Crippen LogP contribution is -2.29. The fourth-order valence-corrected chi connectivity index (χ4v) is 2.46. The lowest BCUT2D eigenvalue weighted by Gasteiger charge is -2.16. The Morgan fingerprint density at radius 1 is 1.29 bits per heavy atom. The monoisotopic (exact) mass is 295 g/mol. The van der Waals surface area contributed by atoms with Gasteiger partial charge in [0, 0.05) is 6.42 Å². The average molecular weight is 295 g/mol. The SMILES string of the molecule is [2H]O[P+](O)(O)OC[C@H]1O[C@@H](C)C[C@H]1O[P+](O)(O)O. The predicted molar refractivity (Wildman–Crippen MR) is 56.9 cm³/mol. The summed E-state index contributed by atoms with van der Waals surface area (Å²) in [4.78, 5) is 47.9. The first kappa shape index (κ1) is 13.9. The molecule has 0 radical (unpaired) electrons. The summed E-state index contributed by atoms with van der Waals surface area (Å²) in [6, 6.07) is 0. The minimum Gasteiger partial charge on any atom is -0.370 e. The molecule has 6 N–H and O–H groups in total. The third kappa shape index (κ3) is 6.28. The van der Waals surface area contributed by atoms with E-state index in [2.05, 4.69) is 13.9 Å². The van der Waals surface area contributed by atoms with Crippen LogP contribution in [0.25, 0.3) is 0 Å². The molecule has 0 unspecified atom stereocenters. The molecule has 1 aliphatic rings. The molecule has 0 bridgehead atoms. The molecule has 1 heterocycles. The van der Waals surface area contributed by atoms with Gasteiger partial charge >= 0.3 is 16.3 Å². The Morgan fingerprint density at radius 2 is 1.94 bits per heavy atom. The number of ether oxygens (including phenoxy) is 1. The molecular formula is C6H16O9P2+2. The topological polar surface area (TPSA) is 149 Å². The summed E-state index contributed by atoms with van der Waals surface area (Å²) in [5.41, 5.74) is 0. The van der Waals surface area contributed by atoms with E-state index in [1.807, 2.05) is 0 Å². The molecule has 3 atom stereocenters. The van der Waals surface area contributed by atoms with Crippen molar-refractivity contribution in [1.82, 2.24) is 0 Å². The van der Waals surface area contributed by atoms with Crippen LogP contribution in [0.1, 0.15) is 13.3 Å². The molecule has 1 saturated heterocycles. The van der Waals surface area contributed by atoms with Gasteiger partial charge in [-0.25, -0.2) is 0 Å². The second-order valence-corrected chi connectivity index (χ2v) is 6.14. The summed E-state index contributed by atoms with van der Waals surface area (Å²) in [6.07, 6.45) is -1.75. The van der Waals surface area contributed by atoms with Gasteiger partial charge in [-0.3, -0.25) is 0 Å². The normalized spacial score (nSPS) is 31.6. The summed E-state index contributed by atoms with van der Waals surface area (Å²) >= 11 is 0. The van der Waals surface area contributed by atoms with Gasteiger partial charge in [0.05, 0.1) is 6.10 Å². The third-order valence-electron chi connectivity index (χ3n) is 2.07. The highest BCUT2D eigenvalue weighted by molar-refractivity contribution is 7.53. The maximum atomic E-state index is 8.97. The van der Waals surface area contributed by atoms with E-state index in [-0.39, 0.29) is 12.5 Å². The number of hydrogen-bond acceptors (Lipinski definition) is 9. The highest BCUT2D eigenvalue weighted by Crippen LogP contribution is 2.50. The zero-order valence-corrected chi connectivity index (χ0v) is 10.7. The van der Waals surface area contributed by atoms with Crippen LogP contribution in [0.3, 0.4) is 0 Å². The van der Waals surface area contributed by atoms with Gasteiger partial charge in [0.25, 0.3) is 1.43 Å². The molecule has 0 aromatic carbocycles. The zero-order chi connectivity index (χ0) is 14.0. The molecule has 11 heteroatoms. The number of hydrogen-bond donors (Lipinski definition) is 6. The first-order valence-electron chi connectivity index (χ1n) is 5.09. The summed E-state index contributed by atoms with van der Waals surface area (Å²) in [5.74, 6) is 0. The van der Waals surface area contributed by atoms with Crippen LogP contribution in [-0.2, 0) is 13.8 Å². The van der Waals surface area contributed by atoms with Crippen molar-refractivity contribution in [2.75, 3.05) is 6.61 Å². The Hall–Kier alpha value is 0.500. The van der Waals surface area contributed by atoms with Crippen molar-refractivity contribution in [3.05, 3.63) is 0 Å². The molecule has 0 aliphatic carbocycles. The quantitative estimate of drug-likeness (QED) is 0.335.